The van der Waals surface area contributed by atoms with Gasteiger partial charge >= 0.3 is 0 Å². The number of aromatic amines is 1. The Balaban J connectivity index is 1.66. The fourth-order valence-corrected chi connectivity index (χ4v) is 3.88. The van der Waals surface area contributed by atoms with E-state index in [2.05, 4.69) is 27.2 Å². The van der Waals surface area contributed by atoms with Crippen LogP contribution < -0.4 is 15.0 Å². The number of anilines is 1. The summed E-state index contributed by atoms with van der Waals surface area (Å²) >= 11 is 0. The molecule has 0 spiro atoms. The molecule has 176 valence electrons. The molecule has 0 amide bonds. The van der Waals surface area contributed by atoms with Gasteiger partial charge in [-0.25, -0.2) is 15.0 Å². The first-order valence-electron chi connectivity index (χ1n) is 11.3. The number of benzene rings is 1. The molecule has 1 unspecified atom stereocenters. The van der Waals surface area contributed by atoms with Crippen LogP contribution in [0.25, 0.3) is 22.9 Å². The lowest BCUT2D eigenvalue weighted by Gasteiger charge is -2.32. The van der Waals surface area contributed by atoms with Gasteiger partial charge in [-0.1, -0.05) is 12.1 Å². The Kier molecular flexibility index (Phi) is 7.54. The van der Waals surface area contributed by atoms with E-state index in [0.717, 1.165) is 48.8 Å². The number of hydrogen-bond acceptors (Lipinski definition) is 8. The van der Waals surface area contributed by atoms with Gasteiger partial charge in [0.05, 0.1) is 5.69 Å². The monoisotopic (exact) mass is 452 g/mol. The largest absolute Gasteiger partial charge is 0.491 e. The van der Waals surface area contributed by atoms with Crippen LogP contribution in [0.15, 0.2) is 36.5 Å². The number of aryl methyl sites for hydroxylation is 1. The molecule has 3 aromatic rings. The number of rotatable bonds is 9. The summed E-state index contributed by atoms with van der Waals surface area (Å²) in [6.45, 7) is 4.14. The lowest BCUT2D eigenvalue weighted by atomic mass is 10.1. The average molecular weight is 453 g/mol. The smallest absolute Gasteiger partial charge is 0.162 e. The first-order chi connectivity index (χ1) is 16.0. The van der Waals surface area contributed by atoms with E-state index in [1.165, 1.54) is 0 Å². The van der Waals surface area contributed by atoms with Crippen molar-refractivity contribution in [3.63, 3.8) is 0 Å². The van der Waals surface area contributed by atoms with E-state index in [4.69, 9.17) is 19.4 Å². The Bertz CT molecular complexity index is 1050. The lowest BCUT2D eigenvalue weighted by Crippen LogP contribution is -2.37. The highest BCUT2D eigenvalue weighted by Crippen LogP contribution is 2.28. The second kappa shape index (κ2) is 10.7. The highest BCUT2D eigenvalue weighted by molar-refractivity contribution is 5.65. The number of hydrogen-bond donors (Lipinski definition) is 3. The average Bonchev–Trinajstić information content (AvgIpc) is 3.29. The maximum atomic E-state index is 9.95. The summed E-state index contributed by atoms with van der Waals surface area (Å²) in [6.07, 6.45) is 3.21. The second-order valence-corrected chi connectivity index (χ2v) is 8.33. The van der Waals surface area contributed by atoms with Crippen LogP contribution in [0.4, 0.5) is 5.82 Å². The Morgan fingerprint density at radius 3 is 2.79 bits per heavy atom. The molecule has 1 aromatic carbocycles. The van der Waals surface area contributed by atoms with Gasteiger partial charge in [0.25, 0.3) is 0 Å². The molecule has 4 rings (SSSR count). The van der Waals surface area contributed by atoms with Crippen molar-refractivity contribution in [2.75, 3.05) is 45.4 Å². The van der Waals surface area contributed by atoms with E-state index in [1.807, 2.05) is 43.5 Å². The highest BCUT2D eigenvalue weighted by atomic mass is 16.5. The summed E-state index contributed by atoms with van der Waals surface area (Å²) in [5, 5.41) is 12.9. The van der Waals surface area contributed by atoms with Crippen molar-refractivity contribution in [1.82, 2.24) is 25.3 Å². The van der Waals surface area contributed by atoms with Gasteiger partial charge in [0.2, 0.25) is 0 Å². The van der Waals surface area contributed by atoms with E-state index >= 15 is 0 Å². The topological polar surface area (TPSA) is 108 Å². The van der Waals surface area contributed by atoms with Gasteiger partial charge in [0, 0.05) is 50.7 Å². The first-order valence-corrected chi connectivity index (χ1v) is 11.3. The summed E-state index contributed by atoms with van der Waals surface area (Å²) < 4.78 is 11.3. The second-order valence-electron chi connectivity index (χ2n) is 8.33. The van der Waals surface area contributed by atoms with Crippen LogP contribution in [-0.2, 0) is 4.74 Å². The van der Waals surface area contributed by atoms with Crippen molar-refractivity contribution >= 4 is 5.82 Å². The van der Waals surface area contributed by atoms with Gasteiger partial charge in [-0.05, 0) is 38.9 Å². The number of ether oxygens (including phenoxy) is 2. The number of aliphatic hydroxyl groups is 1. The van der Waals surface area contributed by atoms with E-state index in [9.17, 15) is 5.11 Å². The van der Waals surface area contributed by atoms with Gasteiger partial charge < -0.3 is 29.8 Å². The van der Waals surface area contributed by atoms with Crippen LogP contribution in [0.5, 0.6) is 5.75 Å². The molecule has 9 nitrogen and oxygen atoms in total. The maximum Gasteiger partial charge on any atom is 0.162 e. The van der Waals surface area contributed by atoms with E-state index < -0.39 is 6.10 Å². The highest BCUT2D eigenvalue weighted by Gasteiger charge is 2.22. The predicted molar refractivity (Wildman–Crippen MR) is 127 cm³/mol. The summed E-state index contributed by atoms with van der Waals surface area (Å²) in [7, 11) is 3.87. The first kappa shape index (κ1) is 23.2. The number of nitrogens with zero attached hydrogens (tertiary/aromatic N) is 4. The third kappa shape index (κ3) is 5.87. The summed E-state index contributed by atoms with van der Waals surface area (Å²) in [4.78, 5) is 19.7. The van der Waals surface area contributed by atoms with Crippen molar-refractivity contribution < 1.29 is 14.6 Å². The molecule has 2 aromatic heterocycles. The summed E-state index contributed by atoms with van der Waals surface area (Å²) in [5.41, 5.74) is 2.47. The van der Waals surface area contributed by atoms with Crippen molar-refractivity contribution in [2.45, 2.75) is 31.9 Å². The van der Waals surface area contributed by atoms with Crippen molar-refractivity contribution in [2.24, 2.45) is 0 Å². The minimum Gasteiger partial charge on any atom is -0.491 e. The van der Waals surface area contributed by atoms with E-state index in [-0.39, 0.29) is 6.61 Å². The van der Waals surface area contributed by atoms with Crippen LogP contribution in [0.1, 0.15) is 18.5 Å². The Hall–Kier alpha value is -3.01. The van der Waals surface area contributed by atoms with Crippen molar-refractivity contribution in [3.05, 3.63) is 42.2 Å². The lowest BCUT2D eigenvalue weighted by molar-refractivity contribution is 0.0853. The molecule has 1 saturated heterocycles. The van der Waals surface area contributed by atoms with Gasteiger partial charge in [-0.15, -0.1) is 0 Å². The third-order valence-electron chi connectivity index (χ3n) is 5.74. The number of H-pyrrole nitrogens is 1. The van der Waals surface area contributed by atoms with Crippen molar-refractivity contribution in [3.8, 4) is 28.7 Å². The van der Waals surface area contributed by atoms with Crippen molar-refractivity contribution in [1.29, 1.82) is 0 Å². The minimum atomic E-state index is -0.583. The number of nitrogens with one attached hydrogen (secondary N) is 2. The fraction of sp³-hybridized carbons (Fsp3) is 0.458. The summed E-state index contributed by atoms with van der Waals surface area (Å²) in [6, 6.07) is 9.97. The van der Waals surface area contributed by atoms with Crippen LogP contribution in [0.2, 0.25) is 0 Å². The van der Waals surface area contributed by atoms with Gasteiger partial charge in [-0.2, -0.15) is 0 Å². The van der Waals surface area contributed by atoms with Gasteiger partial charge in [0.15, 0.2) is 11.6 Å². The quantitative estimate of drug-likeness (QED) is 0.454. The molecular weight excluding hydrogens is 420 g/mol. The molecule has 0 radical (unpaired) electrons. The fourth-order valence-electron chi connectivity index (χ4n) is 3.88. The van der Waals surface area contributed by atoms with Crippen LogP contribution in [0.3, 0.4) is 0 Å². The molecule has 3 heterocycles. The zero-order valence-corrected chi connectivity index (χ0v) is 19.4. The Morgan fingerprint density at radius 2 is 2.06 bits per heavy atom. The standard InChI is InChI=1S/C24H32N6O3/c1-16-13-26-24(27-16)21-12-22(30(3)18-7-9-32-10-8-18)29-23(28-21)17-5-4-6-20(11-17)33-15-19(31)14-25-2/h4-6,11-13,18-19,25,31H,7-10,14-15H2,1-3H3,(H,26,27). The maximum absolute atomic E-state index is 9.95. The molecule has 1 atom stereocenters. The predicted octanol–water partition coefficient (Wildman–Crippen LogP) is 2.42. The van der Waals surface area contributed by atoms with Gasteiger partial charge in [-0.3, -0.25) is 0 Å². The zero-order chi connectivity index (χ0) is 23.2. The zero-order valence-electron chi connectivity index (χ0n) is 19.4. The molecule has 9 heteroatoms. The number of aromatic nitrogens is 4. The normalized spacial score (nSPS) is 15.4. The summed E-state index contributed by atoms with van der Waals surface area (Å²) in [5.74, 6) is 2.80. The molecule has 1 aliphatic heterocycles. The third-order valence-corrected chi connectivity index (χ3v) is 5.74. The Labute approximate surface area is 194 Å². The van der Waals surface area contributed by atoms with Crippen LogP contribution in [-0.4, -0.2) is 77.6 Å². The minimum absolute atomic E-state index is 0.203. The number of imidazole rings is 1. The van der Waals surface area contributed by atoms with E-state index in [0.29, 0.717) is 30.0 Å². The molecule has 0 bridgehead atoms. The molecule has 1 fully saturated rings. The number of aliphatic hydroxyl groups excluding tert-OH is 1. The van der Waals surface area contributed by atoms with Gasteiger partial charge in [0.1, 0.15) is 30.0 Å². The van der Waals surface area contributed by atoms with Crippen LogP contribution in [0, 0.1) is 6.92 Å². The van der Waals surface area contributed by atoms with E-state index in [1.54, 1.807) is 7.05 Å². The molecule has 0 saturated carbocycles. The molecule has 33 heavy (non-hydrogen) atoms. The molecule has 0 aliphatic carbocycles. The Morgan fingerprint density at radius 1 is 1.24 bits per heavy atom. The molecule has 3 N–H and O–H groups in total. The molecular formula is C24H32N6O3. The van der Waals surface area contributed by atoms with Crippen LogP contribution >= 0.6 is 0 Å². The molecule has 1 aliphatic rings. The SMILES string of the molecule is CNCC(O)COc1cccc(-c2nc(-c3nc(C)c[nH]3)cc(N(C)C3CCOCC3)n2)c1. The number of likely N-dealkylation sites (N-methyl/N-ethyl adjacent to an activating group) is 1.